The number of hydrogen-bond donors (Lipinski definition) is 2. The van der Waals surface area contributed by atoms with E-state index in [1.54, 1.807) is 13.0 Å². The fourth-order valence-electron chi connectivity index (χ4n) is 1.33. The second-order valence-electron chi connectivity index (χ2n) is 3.24. The molecule has 0 aliphatic heterocycles. The van der Waals surface area contributed by atoms with Gasteiger partial charge in [-0.15, -0.1) is 0 Å². The first-order valence-electron chi connectivity index (χ1n) is 4.98. The second-order valence-corrected chi connectivity index (χ2v) is 3.24. The lowest BCUT2D eigenvalue weighted by atomic mass is 10.1. The Morgan fingerprint density at radius 2 is 2.29 bits per heavy atom. The molecular formula is C10H13N3O4. The molecule has 17 heavy (non-hydrogen) atoms. The standard InChI is InChI=1S/C10H13N3O4/c1-2-17-9-4-3-7(6-10(14)12-11)5-8(9)13(15)16/h3-5H,2,6,11H2,1H3,(H,12,14). The number of amides is 1. The van der Waals surface area contributed by atoms with Crippen LogP contribution in [0.15, 0.2) is 18.2 Å². The van der Waals surface area contributed by atoms with Gasteiger partial charge in [-0.25, -0.2) is 5.84 Å². The number of nitrogens with two attached hydrogens (primary N) is 1. The summed E-state index contributed by atoms with van der Waals surface area (Å²) in [5.41, 5.74) is 2.31. The van der Waals surface area contributed by atoms with Gasteiger partial charge < -0.3 is 4.74 Å². The number of benzene rings is 1. The fraction of sp³-hybridized carbons (Fsp3) is 0.300. The van der Waals surface area contributed by atoms with Gasteiger partial charge in [-0.2, -0.15) is 0 Å². The molecule has 0 aliphatic carbocycles. The number of hydrazine groups is 1. The van der Waals surface area contributed by atoms with E-state index in [0.29, 0.717) is 12.2 Å². The summed E-state index contributed by atoms with van der Waals surface area (Å²) in [5.74, 6) is 4.71. The summed E-state index contributed by atoms with van der Waals surface area (Å²) in [6, 6.07) is 4.37. The van der Waals surface area contributed by atoms with Gasteiger partial charge in [-0.1, -0.05) is 6.07 Å². The molecule has 0 heterocycles. The zero-order valence-electron chi connectivity index (χ0n) is 9.30. The molecule has 92 valence electrons. The summed E-state index contributed by atoms with van der Waals surface area (Å²) >= 11 is 0. The van der Waals surface area contributed by atoms with E-state index in [0.717, 1.165) is 0 Å². The first-order valence-corrected chi connectivity index (χ1v) is 4.98. The third-order valence-corrected chi connectivity index (χ3v) is 2.05. The lowest BCUT2D eigenvalue weighted by Gasteiger charge is -2.06. The highest BCUT2D eigenvalue weighted by atomic mass is 16.6. The van der Waals surface area contributed by atoms with Crippen molar-refractivity contribution in [3.63, 3.8) is 0 Å². The van der Waals surface area contributed by atoms with E-state index < -0.39 is 10.8 Å². The maximum Gasteiger partial charge on any atom is 0.311 e. The molecule has 1 aromatic rings. The number of hydrogen-bond acceptors (Lipinski definition) is 5. The van der Waals surface area contributed by atoms with Crippen LogP contribution in [0.5, 0.6) is 5.75 Å². The monoisotopic (exact) mass is 239 g/mol. The van der Waals surface area contributed by atoms with Gasteiger partial charge in [0.1, 0.15) is 0 Å². The van der Waals surface area contributed by atoms with Crippen molar-refractivity contribution in [2.75, 3.05) is 6.61 Å². The molecule has 0 radical (unpaired) electrons. The Kier molecular flexibility index (Phi) is 4.41. The average molecular weight is 239 g/mol. The molecule has 0 aliphatic rings. The van der Waals surface area contributed by atoms with Crippen LogP contribution < -0.4 is 16.0 Å². The topological polar surface area (TPSA) is 107 Å². The van der Waals surface area contributed by atoms with E-state index in [4.69, 9.17) is 10.6 Å². The van der Waals surface area contributed by atoms with Gasteiger partial charge in [0.05, 0.1) is 18.0 Å². The SMILES string of the molecule is CCOc1ccc(CC(=O)NN)cc1[N+](=O)[O-]. The third-order valence-electron chi connectivity index (χ3n) is 2.05. The van der Waals surface area contributed by atoms with E-state index >= 15 is 0 Å². The van der Waals surface area contributed by atoms with Crippen LogP contribution in [0.3, 0.4) is 0 Å². The molecule has 7 heteroatoms. The molecule has 1 rings (SSSR count). The van der Waals surface area contributed by atoms with E-state index in [1.807, 2.05) is 5.43 Å². The number of nitrogens with one attached hydrogen (secondary N) is 1. The van der Waals surface area contributed by atoms with E-state index in [1.165, 1.54) is 12.1 Å². The molecule has 1 aromatic carbocycles. The van der Waals surface area contributed by atoms with Gasteiger partial charge in [0.2, 0.25) is 5.91 Å². The van der Waals surface area contributed by atoms with Crippen molar-refractivity contribution >= 4 is 11.6 Å². The molecule has 0 bridgehead atoms. The highest BCUT2D eigenvalue weighted by molar-refractivity contribution is 5.78. The van der Waals surface area contributed by atoms with E-state index in [-0.39, 0.29) is 17.9 Å². The summed E-state index contributed by atoms with van der Waals surface area (Å²) in [4.78, 5) is 21.3. The van der Waals surface area contributed by atoms with Gasteiger partial charge >= 0.3 is 5.69 Å². The normalized spacial score (nSPS) is 9.76. The van der Waals surface area contributed by atoms with Crippen LogP contribution in [0.2, 0.25) is 0 Å². The maximum atomic E-state index is 11.0. The van der Waals surface area contributed by atoms with Crippen molar-refractivity contribution in [1.29, 1.82) is 0 Å². The van der Waals surface area contributed by atoms with Gasteiger partial charge in [-0.05, 0) is 18.6 Å². The molecule has 7 nitrogen and oxygen atoms in total. The minimum atomic E-state index is -0.547. The van der Waals surface area contributed by atoms with Crippen LogP contribution >= 0.6 is 0 Å². The summed E-state index contributed by atoms with van der Waals surface area (Å²) in [6.07, 6.45) is -0.0102. The number of nitrogens with zero attached hydrogens (tertiary/aromatic N) is 1. The van der Waals surface area contributed by atoms with Crippen molar-refractivity contribution in [3.05, 3.63) is 33.9 Å². The van der Waals surface area contributed by atoms with Gasteiger partial charge in [-0.3, -0.25) is 20.3 Å². The summed E-state index contributed by atoms with van der Waals surface area (Å²) < 4.78 is 5.12. The van der Waals surface area contributed by atoms with Crippen LogP contribution in [-0.2, 0) is 11.2 Å². The Hall–Kier alpha value is -2.15. The lowest BCUT2D eigenvalue weighted by Crippen LogP contribution is -2.31. The maximum absolute atomic E-state index is 11.0. The number of ether oxygens (including phenoxy) is 1. The molecule has 0 unspecified atom stereocenters. The van der Waals surface area contributed by atoms with Gasteiger partial charge in [0.15, 0.2) is 5.75 Å². The number of nitro groups is 1. The smallest absolute Gasteiger partial charge is 0.311 e. The summed E-state index contributed by atoms with van der Waals surface area (Å²) in [5, 5.41) is 10.8. The Bertz CT molecular complexity index is 434. The number of carbonyl (C=O) groups excluding carboxylic acids is 1. The average Bonchev–Trinajstić information content (AvgIpc) is 2.31. The molecular weight excluding hydrogens is 226 g/mol. The van der Waals surface area contributed by atoms with Crippen LogP contribution in [0, 0.1) is 10.1 Å². The highest BCUT2D eigenvalue weighted by Gasteiger charge is 2.16. The fourth-order valence-corrected chi connectivity index (χ4v) is 1.33. The number of carbonyl (C=O) groups is 1. The van der Waals surface area contributed by atoms with Crippen LogP contribution in [0.1, 0.15) is 12.5 Å². The van der Waals surface area contributed by atoms with Gasteiger partial charge in [0.25, 0.3) is 0 Å². The molecule has 0 saturated heterocycles. The molecule has 0 saturated carbocycles. The Morgan fingerprint density at radius 1 is 1.59 bits per heavy atom. The Balaban J connectivity index is 3.01. The quantitative estimate of drug-likeness (QED) is 0.337. The predicted molar refractivity (Wildman–Crippen MR) is 60.3 cm³/mol. The molecule has 0 aromatic heterocycles. The zero-order chi connectivity index (χ0) is 12.8. The minimum Gasteiger partial charge on any atom is -0.487 e. The van der Waals surface area contributed by atoms with Crippen LogP contribution in [0.4, 0.5) is 5.69 Å². The van der Waals surface area contributed by atoms with E-state index in [9.17, 15) is 14.9 Å². The molecule has 0 spiro atoms. The minimum absolute atomic E-state index is 0.0102. The highest BCUT2D eigenvalue weighted by Crippen LogP contribution is 2.28. The first kappa shape index (κ1) is 12.9. The molecule has 0 fully saturated rings. The van der Waals surface area contributed by atoms with Crippen molar-refractivity contribution in [2.24, 2.45) is 5.84 Å². The van der Waals surface area contributed by atoms with E-state index in [2.05, 4.69) is 0 Å². The van der Waals surface area contributed by atoms with Crippen LogP contribution in [0.25, 0.3) is 0 Å². The van der Waals surface area contributed by atoms with Crippen molar-refractivity contribution in [2.45, 2.75) is 13.3 Å². The summed E-state index contributed by atoms with van der Waals surface area (Å²) in [7, 11) is 0. The molecule has 0 atom stereocenters. The predicted octanol–water partition coefficient (Wildman–Crippen LogP) is 0.526. The zero-order valence-corrected chi connectivity index (χ0v) is 9.30. The molecule has 1 amide bonds. The lowest BCUT2D eigenvalue weighted by molar-refractivity contribution is -0.385. The van der Waals surface area contributed by atoms with Crippen molar-refractivity contribution in [1.82, 2.24) is 5.43 Å². The third kappa shape index (κ3) is 3.42. The summed E-state index contributed by atoms with van der Waals surface area (Å²) in [6.45, 7) is 2.07. The van der Waals surface area contributed by atoms with Gasteiger partial charge in [0, 0.05) is 6.07 Å². The van der Waals surface area contributed by atoms with Crippen molar-refractivity contribution < 1.29 is 14.5 Å². The Labute approximate surface area is 97.7 Å². The first-order chi connectivity index (χ1) is 8.08. The van der Waals surface area contributed by atoms with Crippen LogP contribution in [-0.4, -0.2) is 17.4 Å². The largest absolute Gasteiger partial charge is 0.487 e. The number of nitro benzene ring substituents is 1. The second kappa shape index (κ2) is 5.80. The number of rotatable bonds is 5. The molecule has 3 N–H and O–H groups in total. The van der Waals surface area contributed by atoms with Crippen molar-refractivity contribution in [3.8, 4) is 5.75 Å². The Morgan fingerprint density at radius 3 is 2.82 bits per heavy atom.